The number of nitrogens with zero attached hydrogens (tertiary/aromatic N) is 5. The maximum absolute atomic E-state index is 13.6. The van der Waals surface area contributed by atoms with Crippen molar-refractivity contribution < 1.29 is 9.47 Å². The van der Waals surface area contributed by atoms with Gasteiger partial charge in [-0.2, -0.15) is 14.6 Å². The highest BCUT2D eigenvalue weighted by Gasteiger charge is 2.16. The van der Waals surface area contributed by atoms with E-state index in [-0.39, 0.29) is 5.56 Å². The fourth-order valence-corrected chi connectivity index (χ4v) is 6.15. The van der Waals surface area contributed by atoms with Gasteiger partial charge in [0.25, 0.3) is 5.56 Å². The number of rotatable bonds is 11. The first-order valence-electron chi connectivity index (χ1n) is 15.6. The lowest BCUT2D eigenvalue weighted by Gasteiger charge is -2.10. The molecule has 0 atom stereocenters. The first kappa shape index (κ1) is 30.1. The van der Waals surface area contributed by atoms with Gasteiger partial charge in [0.05, 0.1) is 16.8 Å². The molecule has 234 valence electrons. The highest BCUT2D eigenvalue weighted by molar-refractivity contribution is 7.15. The molecule has 7 aromatic rings. The lowest BCUT2D eigenvalue weighted by molar-refractivity contribution is 0.304. The molecule has 0 N–H and O–H groups in total. The molecule has 0 saturated carbocycles. The van der Waals surface area contributed by atoms with Crippen molar-refractivity contribution >= 4 is 22.4 Å². The van der Waals surface area contributed by atoms with E-state index in [0.717, 1.165) is 63.5 Å². The van der Waals surface area contributed by atoms with E-state index in [4.69, 9.17) is 14.6 Å². The van der Waals surface area contributed by atoms with Crippen molar-refractivity contribution in [3.63, 3.8) is 0 Å². The van der Waals surface area contributed by atoms with Crippen molar-refractivity contribution in [2.75, 3.05) is 6.61 Å². The highest BCUT2D eigenvalue weighted by atomic mass is 32.1. The third kappa shape index (κ3) is 6.57. The van der Waals surface area contributed by atoms with Gasteiger partial charge in [0.2, 0.25) is 4.96 Å². The largest absolute Gasteiger partial charge is 0.494 e. The smallest absolute Gasteiger partial charge is 0.291 e. The zero-order chi connectivity index (χ0) is 32.2. The summed E-state index contributed by atoms with van der Waals surface area (Å²) in [7, 11) is 0. The van der Waals surface area contributed by atoms with Crippen molar-refractivity contribution in [3.8, 4) is 39.8 Å². The summed E-state index contributed by atoms with van der Waals surface area (Å²) in [6.07, 6.45) is 5.92. The fraction of sp³-hybridized carbons (Fsp3) is 0.158. The van der Waals surface area contributed by atoms with Crippen LogP contribution in [0.25, 0.3) is 39.4 Å². The molecule has 0 aliphatic carbocycles. The molecule has 0 saturated heterocycles. The van der Waals surface area contributed by atoms with E-state index in [1.54, 1.807) is 0 Å². The van der Waals surface area contributed by atoms with Gasteiger partial charge in [-0.05, 0) is 85.1 Å². The molecule has 0 radical (unpaired) electrons. The summed E-state index contributed by atoms with van der Waals surface area (Å²) in [6, 6.07) is 33.7. The maximum atomic E-state index is 13.6. The van der Waals surface area contributed by atoms with Gasteiger partial charge < -0.3 is 9.47 Å². The Morgan fingerprint density at radius 2 is 1.60 bits per heavy atom. The number of thiazole rings is 1. The van der Waals surface area contributed by atoms with Gasteiger partial charge in [-0.15, -0.1) is 5.10 Å². The monoisotopic (exact) mass is 639 g/mol. The third-order valence-corrected chi connectivity index (χ3v) is 8.76. The Hall–Kier alpha value is -5.54. The fourth-order valence-electron chi connectivity index (χ4n) is 5.26. The Kier molecular flexibility index (Phi) is 8.62. The first-order valence-corrected chi connectivity index (χ1v) is 16.4. The molecule has 0 bridgehead atoms. The minimum atomic E-state index is -0.220. The first-order chi connectivity index (χ1) is 23.1. The molecule has 0 aliphatic rings. The van der Waals surface area contributed by atoms with Crippen LogP contribution in [0, 0.1) is 6.92 Å². The standard InChI is InChI=1S/C38H33N5O3S/c1-3-4-21-45-32-18-15-28(16-19-32)36-39-38-43(41-36)37(44)34(47-38)23-30-24-42(31-13-9-6-10-14-31)40-35(30)29-17-20-33(26(2)22-29)46-25-27-11-7-5-8-12-27/h5-20,22-24H,3-4,21,25H2,1-2H3/b34-23-. The van der Waals surface area contributed by atoms with E-state index >= 15 is 0 Å². The van der Waals surface area contributed by atoms with Crippen LogP contribution in [0.15, 0.2) is 114 Å². The third-order valence-electron chi connectivity index (χ3n) is 7.80. The molecule has 0 unspecified atom stereocenters. The second-order valence-corrected chi connectivity index (χ2v) is 12.2. The summed E-state index contributed by atoms with van der Waals surface area (Å²) in [5.41, 5.74) is 6.12. The van der Waals surface area contributed by atoms with Crippen LogP contribution in [0.5, 0.6) is 11.5 Å². The molecule has 0 spiro atoms. The lowest BCUT2D eigenvalue weighted by atomic mass is 10.0. The van der Waals surface area contributed by atoms with E-state index in [9.17, 15) is 4.79 Å². The van der Waals surface area contributed by atoms with Crippen molar-refractivity contribution in [3.05, 3.63) is 141 Å². The Balaban J connectivity index is 1.21. The lowest BCUT2D eigenvalue weighted by Crippen LogP contribution is -2.23. The van der Waals surface area contributed by atoms with Crippen LogP contribution in [-0.4, -0.2) is 31.0 Å². The summed E-state index contributed by atoms with van der Waals surface area (Å²) in [5, 5.41) is 9.52. The Bertz CT molecular complexity index is 2240. The molecule has 7 rings (SSSR count). The van der Waals surface area contributed by atoms with E-state index in [0.29, 0.717) is 28.5 Å². The molecule has 4 aromatic carbocycles. The number of ether oxygens (including phenoxy) is 2. The van der Waals surface area contributed by atoms with Crippen molar-refractivity contribution in [1.29, 1.82) is 0 Å². The number of fused-ring (bicyclic) bond motifs is 1. The average Bonchev–Trinajstić information content (AvgIpc) is 3.80. The van der Waals surface area contributed by atoms with Gasteiger partial charge in [-0.25, -0.2) is 4.68 Å². The van der Waals surface area contributed by atoms with Crippen LogP contribution < -0.4 is 19.6 Å². The van der Waals surface area contributed by atoms with E-state index in [1.165, 1.54) is 15.9 Å². The number of unbranched alkanes of at least 4 members (excludes halogenated alkanes) is 1. The van der Waals surface area contributed by atoms with E-state index < -0.39 is 0 Å². The number of hydrogen-bond acceptors (Lipinski definition) is 7. The maximum Gasteiger partial charge on any atom is 0.291 e. The molecule has 9 heteroatoms. The van der Waals surface area contributed by atoms with Gasteiger partial charge in [-0.3, -0.25) is 4.79 Å². The van der Waals surface area contributed by atoms with Crippen LogP contribution in [0.2, 0.25) is 0 Å². The minimum Gasteiger partial charge on any atom is -0.494 e. The van der Waals surface area contributed by atoms with Gasteiger partial charge in [-0.1, -0.05) is 73.2 Å². The molecule has 0 amide bonds. The predicted molar refractivity (Wildman–Crippen MR) is 186 cm³/mol. The van der Waals surface area contributed by atoms with Crippen molar-refractivity contribution in [1.82, 2.24) is 24.4 Å². The SMILES string of the molecule is CCCCOc1ccc(-c2nc3s/c(=C\c4cn(-c5ccccc5)nc4-c4ccc(OCc5ccccc5)c(C)c4)c(=O)n3n2)cc1. The second-order valence-electron chi connectivity index (χ2n) is 11.2. The van der Waals surface area contributed by atoms with Gasteiger partial charge in [0, 0.05) is 22.9 Å². The quantitative estimate of drug-likeness (QED) is 0.138. The summed E-state index contributed by atoms with van der Waals surface area (Å²) in [5.74, 6) is 2.12. The van der Waals surface area contributed by atoms with Crippen molar-refractivity contribution in [2.45, 2.75) is 33.3 Å². The zero-order valence-corrected chi connectivity index (χ0v) is 27.0. The average molecular weight is 640 g/mol. The zero-order valence-electron chi connectivity index (χ0n) is 26.2. The molecule has 3 heterocycles. The highest BCUT2D eigenvalue weighted by Crippen LogP contribution is 2.30. The van der Waals surface area contributed by atoms with Gasteiger partial charge in [0.15, 0.2) is 5.82 Å². The Labute approximate surface area is 276 Å². The summed E-state index contributed by atoms with van der Waals surface area (Å²) < 4.78 is 15.6. The number of hydrogen-bond donors (Lipinski definition) is 0. The Morgan fingerprint density at radius 3 is 2.32 bits per heavy atom. The molecule has 3 aromatic heterocycles. The molecule has 8 nitrogen and oxygen atoms in total. The van der Waals surface area contributed by atoms with E-state index in [1.807, 2.05) is 121 Å². The summed E-state index contributed by atoms with van der Waals surface area (Å²) in [6.45, 7) is 5.34. The van der Waals surface area contributed by atoms with Crippen LogP contribution >= 0.6 is 11.3 Å². The molecule has 0 fully saturated rings. The molecular formula is C38H33N5O3S. The van der Waals surface area contributed by atoms with E-state index in [2.05, 4.69) is 23.1 Å². The topological polar surface area (TPSA) is 83.5 Å². The number of para-hydroxylation sites is 1. The number of benzene rings is 4. The van der Waals surface area contributed by atoms with Crippen LogP contribution in [0.1, 0.15) is 36.5 Å². The molecule has 47 heavy (non-hydrogen) atoms. The van der Waals surface area contributed by atoms with Gasteiger partial charge >= 0.3 is 0 Å². The Morgan fingerprint density at radius 1 is 0.851 bits per heavy atom. The van der Waals surface area contributed by atoms with Crippen LogP contribution in [0.4, 0.5) is 0 Å². The summed E-state index contributed by atoms with van der Waals surface area (Å²) >= 11 is 1.31. The predicted octanol–water partition coefficient (Wildman–Crippen LogP) is 7.28. The molecular weight excluding hydrogens is 607 g/mol. The van der Waals surface area contributed by atoms with Crippen LogP contribution in [0.3, 0.4) is 0 Å². The number of aryl methyl sites for hydroxylation is 1. The van der Waals surface area contributed by atoms with Crippen LogP contribution in [-0.2, 0) is 6.61 Å². The normalized spacial score (nSPS) is 11.7. The number of aromatic nitrogens is 5. The summed E-state index contributed by atoms with van der Waals surface area (Å²) in [4.78, 5) is 18.8. The van der Waals surface area contributed by atoms with Gasteiger partial charge in [0.1, 0.15) is 23.8 Å². The second kappa shape index (κ2) is 13.4. The van der Waals surface area contributed by atoms with Crippen molar-refractivity contribution in [2.24, 2.45) is 0 Å². The molecule has 0 aliphatic heterocycles. The minimum absolute atomic E-state index is 0.220.